The van der Waals surface area contributed by atoms with Crippen molar-refractivity contribution in [2.75, 3.05) is 12.3 Å². The number of aromatic nitrogens is 4. The molecule has 0 radical (unpaired) electrons. The maximum Gasteiger partial charge on any atom is 0.367 e. The Hall–Kier alpha value is -3.45. The van der Waals surface area contributed by atoms with Crippen LogP contribution in [-0.2, 0) is 9.09 Å². The van der Waals surface area contributed by atoms with E-state index >= 15 is 0 Å². The Morgan fingerprint density at radius 2 is 2.19 bits per heavy atom. The van der Waals surface area contributed by atoms with Gasteiger partial charge in [0.25, 0.3) is 5.56 Å². The number of aliphatic hydroxyl groups excluding tert-OH is 1. The van der Waals surface area contributed by atoms with Crippen molar-refractivity contribution in [2.45, 2.75) is 18.6 Å². The number of H-pyrrole nitrogens is 1. The molecule has 1 fully saturated rings. The number of para-hydroxylation sites is 1. The molecule has 31 heavy (non-hydrogen) atoms. The average Bonchev–Trinajstić information content (AvgIpc) is 3.26. The Morgan fingerprint density at radius 1 is 1.45 bits per heavy atom. The summed E-state index contributed by atoms with van der Waals surface area (Å²) in [5, 5.41) is 20.6. The largest absolute Gasteiger partial charge is 0.426 e. The van der Waals surface area contributed by atoms with Gasteiger partial charge in [-0.05, 0) is 24.1 Å². The van der Waals surface area contributed by atoms with Crippen LogP contribution in [0.1, 0.15) is 12.5 Å². The molecule has 1 aliphatic carbocycles. The first-order valence-electron chi connectivity index (χ1n) is 9.26. The lowest BCUT2D eigenvalue weighted by atomic mass is 9.83. The second-order valence-corrected chi connectivity index (χ2v) is 8.10. The van der Waals surface area contributed by atoms with Crippen molar-refractivity contribution in [3.8, 4) is 11.8 Å². The number of nitrogens with zero attached hydrogens (tertiary/aromatic N) is 4. The van der Waals surface area contributed by atoms with Crippen LogP contribution in [0.15, 0.2) is 53.6 Å². The molecule has 160 valence electrons. The fourth-order valence-electron chi connectivity index (χ4n) is 3.67. The summed E-state index contributed by atoms with van der Waals surface area (Å²) in [6, 6.07) is 9.92. The van der Waals surface area contributed by atoms with Gasteiger partial charge in [-0.3, -0.25) is 14.3 Å². The van der Waals surface area contributed by atoms with Crippen LogP contribution in [0.4, 0.5) is 5.95 Å². The molecule has 11 nitrogen and oxygen atoms in total. The first-order valence-corrected chi connectivity index (χ1v) is 10.5. The summed E-state index contributed by atoms with van der Waals surface area (Å²) < 4.78 is 24.3. The van der Waals surface area contributed by atoms with E-state index in [1.807, 2.05) is 0 Å². The van der Waals surface area contributed by atoms with Crippen LogP contribution in [-0.4, -0.2) is 37.3 Å². The molecule has 3 aromatic rings. The first-order chi connectivity index (χ1) is 14.9. The van der Waals surface area contributed by atoms with Gasteiger partial charge >= 0.3 is 8.25 Å². The van der Waals surface area contributed by atoms with E-state index < -0.39 is 31.4 Å². The monoisotopic (exact) mass is 442 g/mol. The molecule has 0 amide bonds. The Kier molecular flexibility index (Phi) is 5.37. The molecule has 4 N–H and O–H groups in total. The maximum absolute atomic E-state index is 12.2. The second kappa shape index (κ2) is 8.00. The van der Waals surface area contributed by atoms with Gasteiger partial charge in [-0.1, -0.05) is 24.8 Å². The fourth-order valence-corrected chi connectivity index (χ4v) is 4.41. The molecular weight excluding hydrogens is 423 g/mol. The SMILES string of the molecule is C=C1[C@@H](n2cnc3c(=O)[nH]c(N)nc32)C[C@H](O)[C@@]1(C#N)CO[PH](=O)Oc1ccccc1. The summed E-state index contributed by atoms with van der Waals surface area (Å²) in [7, 11) is -2.99. The van der Waals surface area contributed by atoms with Gasteiger partial charge in [-0.15, -0.1) is 0 Å². The van der Waals surface area contributed by atoms with Gasteiger partial charge < -0.3 is 19.9 Å². The highest BCUT2D eigenvalue weighted by atomic mass is 31.1. The van der Waals surface area contributed by atoms with Gasteiger partial charge in [0.2, 0.25) is 5.95 Å². The smallest absolute Gasteiger partial charge is 0.367 e. The van der Waals surface area contributed by atoms with Crippen molar-refractivity contribution < 1.29 is 18.7 Å². The molecule has 0 saturated heterocycles. The van der Waals surface area contributed by atoms with E-state index in [2.05, 4.69) is 27.6 Å². The summed E-state index contributed by atoms with van der Waals surface area (Å²) in [6.45, 7) is 3.61. The van der Waals surface area contributed by atoms with Crippen molar-refractivity contribution in [1.82, 2.24) is 19.5 Å². The number of aliphatic hydroxyl groups is 1. The third-order valence-corrected chi connectivity index (χ3v) is 6.12. The zero-order valence-electron chi connectivity index (χ0n) is 16.2. The highest BCUT2D eigenvalue weighted by molar-refractivity contribution is 7.33. The number of imidazole rings is 1. The molecule has 0 spiro atoms. The predicted molar refractivity (Wildman–Crippen MR) is 111 cm³/mol. The number of aromatic amines is 1. The Balaban J connectivity index is 1.57. The van der Waals surface area contributed by atoms with E-state index in [4.69, 9.17) is 14.8 Å². The van der Waals surface area contributed by atoms with E-state index in [1.54, 1.807) is 30.3 Å². The summed E-state index contributed by atoms with van der Waals surface area (Å²) in [4.78, 5) is 22.6. The van der Waals surface area contributed by atoms with E-state index in [0.29, 0.717) is 11.3 Å². The molecule has 12 heteroatoms. The highest BCUT2D eigenvalue weighted by Gasteiger charge is 2.52. The van der Waals surface area contributed by atoms with Gasteiger partial charge in [0.1, 0.15) is 11.2 Å². The van der Waals surface area contributed by atoms with Crippen LogP contribution in [0.25, 0.3) is 11.2 Å². The van der Waals surface area contributed by atoms with E-state index in [0.717, 1.165) is 0 Å². The molecule has 1 unspecified atom stereocenters. The number of nitrogen functional groups attached to an aromatic ring is 1. The molecule has 2 aromatic heterocycles. The second-order valence-electron chi connectivity index (χ2n) is 7.10. The normalized spacial score (nSPS) is 24.2. The van der Waals surface area contributed by atoms with Crippen molar-refractivity contribution in [1.29, 1.82) is 5.26 Å². The Labute approximate surface area is 176 Å². The Morgan fingerprint density at radius 3 is 2.90 bits per heavy atom. The van der Waals surface area contributed by atoms with E-state index in [-0.39, 0.29) is 30.1 Å². The third kappa shape index (κ3) is 3.61. The lowest BCUT2D eigenvalue weighted by Crippen LogP contribution is -2.34. The number of nitrogens with two attached hydrogens (primary N) is 1. The number of nitriles is 1. The van der Waals surface area contributed by atoms with Crippen molar-refractivity contribution >= 4 is 25.4 Å². The van der Waals surface area contributed by atoms with E-state index in [9.17, 15) is 19.7 Å². The molecule has 1 aromatic carbocycles. The molecule has 2 heterocycles. The molecule has 0 bridgehead atoms. The van der Waals surface area contributed by atoms with Crippen LogP contribution in [0.5, 0.6) is 5.75 Å². The average molecular weight is 442 g/mol. The minimum absolute atomic E-state index is 0.0727. The molecule has 0 aliphatic heterocycles. The minimum atomic E-state index is -2.99. The summed E-state index contributed by atoms with van der Waals surface area (Å²) in [5.74, 6) is 0.273. The summed E-state index contributed by atoms with van der Waals surface area (Å²) in [5.41, 5.74) is 4.20. The number of rotatable bonds is 6. The zero-order valence-corrected chi connectivity index (χ0v) is 17.2. The number of benzene rings is 1. The standard InChI is InChI=1S/C19H19N6O5P/c1-11-13(25-10-22-15-16(25)23-18(21)24-17(15)27)7-14(26)19(11,8-20)9-29-31(28)30-12-5-3-2-4-6-12/h2-6,10,13-14,26,31H,1,7,9H2,(H3,21,23,24,27)/t13-,14-,19-/m0/s1. The predicted octanol–water partition coefficient (Wildman–Crippen LogP) is 1.56. The molecule has 1 aliphatic rings. The van der Waals surface area contributed by atoms with Crippen LogP contribution in [0.3, 0.4) is 0 Å². The van der Waals surface area contributed by atoms with Gasteiger partial charge in [0, 0.05) is 0 Å². The Bertz CT molecular complexity index is 1270. The summed E-state index contributed by atoms with van der Waals surface area (Å²) in [6.07, 6.45) is 0.305. The number of hydrogen-bond acceptors (Lipinski definition) is 9. The minimum Gasteiger partial charge on any atom is -0.426 e. The number of anilines is 1. The number of hydrogen-bond donors (Lipinski definition) is 3. The van der Waals surface area contributed by atoms with Crippen LogP contribution >= 0.6 is 8.25 Å². The highest BCUT2D eigenvalue weighted by Crippen LogP contribution is 2.50. The molecule has 1 saturated carbocycles. The molecular formula is C19H19N6O5P. The quantitative estimate of drug-likeness (QED) is 0.379. The maximum atomic E-state index is 12.2. The van der Waals surface area contributed by atoms with Gasteiger partial charge in [-0.2, -0.15) is 10.2 Å². The third-order valence-electron chi connectivity index (χ3n) is 5.34. The number of fused-ring (bicyclic) bond motifs is 1. The van der Waals surface area contributed by atoms with Gasteiger partial charge in [0.05, 0.1) is 31.1 Å². The van der Waals surface area contributed by atoms with Crippen molar-refractivity contribution in [3.63, 3.8) is 0 Å². The van der Waals surface area contributed by atoms with Gasteiger partial charge in [0.15, 0.2) is 11.2 Å². The number of nitrogens with one attached hydrogen (secondary N) is 1. The molecule has 4 rings (SSSR count). The van der Waals surface area contributed by atoms with Crippen molar-refractivity contribution in [2.24, 2.45) is 5.41 Å². The first kappa shape index (κ1) is 20.8. The zero-order chi connectivity index (χ0) is 22.2. The van der Waals surface area contributed by atoms with Crippen LogP contribution in [0.2, 0.25) is 0 Å². The fraction of sp³-hybridized carbons (Fsp3) is 0.263. The van der Waals surface area contributed by atoms with Crippen LogP contribution in [0, 0.1) is 16.7 Å². The van der Waals surface area contributed by atoms with Crippen molar-refractivity contribution in [3.05, 3.63) is 59.2 Å². The lowest BCUT2D eigenvalue weighted by Gasteiger charge is -2.26. The topological polar surface area (TPSA) is 169 Å². The molecule has 4 atom stereocenters. The lowest BCUT2D eigenvalue weighted by molar-refractivity contribution is 0.0694. The van der Waals surface area contributed by atoms with Gasteiger partial charge in [-0.25, -0.2) is 9.55 Å². The summed E-state index contributed by atoms with van der Waals surface area (Å²) >= 11 is 0. The van der Waals surface area contributed by atoms with Crippen LogP contribution < -0.4 is 15.8 Å². The van der Waals surface area contributed by atoms with E-state index in [1.165, 1.54) is 10.9 Å².